The van der Waals surface area contributed by atoms with Gasteiger partial charge in [0.2, 0.25) is 0 Å². The van der Waals surface area contributed by atoms with E-state index >= 15 is 0 Å². The van der Waals surface area contributed by atoms with Gasteiger partial charge in [0.05, 0.1) is 11.9 Å². The molecule has 0 radical (unpaired) electrons. The van der Waals surface area contributed by atoms with E-state index in [4.69, 9.17) is 0 Å². The highest BCUT2D eigenvalue weighted by molar-refractivity contribution is 7.91. The van der Waals surface area contributed by atoms with E-state index in [1.54, 1.807) is 0 Å². The molecule has 0 unspecified atom stereocenters. The topological polar surface area (TPSA) is 105 Å². The standard InChI is InChI=1S/C22H16F6N4O5S/c1-2-38(34,35)17-9-14(13-4-3-5-15(8-13)37-22(26,27)28)10-29-19(17)32-20(33)31-11-16(6-7-18(31)30-32)36-12-21(23,24)25/h3-11H,2,12H2,1H3. The molecule has 0 amide bonds. The molecule has 0 N–H and O–H groups in total. The predicted octanol–water partition coefficient (Wildman–Crippen LogP) is 4.18. The van der Waals surface area contributed by atoms with Crippen molar-refractivity contribution in [2.45, 2.75) is 24.4 Å². The van der Waals surface area contributed by atoms with Crippen LogP contribution in [0.5, 0.6) is 11.5 Å². The normalized spacial score (nSPS) is 12.6. The van der Waals surface area contributed by atoms with E-state index in [-0.39, 0.29) is 22.5 Å². The van der Waals surface area contributed by atoms with Crippen LogP contribution in [0.3, 0.4) is 0 Å². The second kappa shape index (κ2) is 9.66. The molecule has 202 valence electrons. The van der Waals surface area contributed by atoms with Gasteiger partial charge < -0.3 is 9.47 Å². The minimum absolute atomic E-state index is 0.0444. The number of hydrogen-bond acceptors (Lipinski definition) is 7. The lowest BCUT2D eigenvalue weighted by atomic mass is 10.1. The van der Waals surface area contributed by atoms with Crippen LogP contribution in [-0.2, 0) is 9.84 Å². The lowest BCUT2D eigenvalue weighted by molar-refractivity contribution is -0.274. The fraction of sp³-hybridized carbons (Fsp3) is 0.227. The number of pyridine rings is 2. The third-order valence-corrected chi connectivity index (χ3v) is 6.77. The first-order chi connectivity index (χ1) is 17.7. The van der Waals surface area contributed by atoms with E-state index in [1.165, 1.54) is 25.1 Å². The fourth-order valence-electron chi connectivity index (χ4n) is 3.36. The summed E-state index contributed by atoms with van der Waals surface area (Å²) < 4.78 is 111. The monoisotopic (exact) mass is 562 g/mol. The summed E-state index contributed by atoms with van der Waals surface area (Å²) in [6.07, 6.45) is -7.47. The van der Waals surface area contributed by atoms with Gasteiger partial charge in [0.1, 0.15) is 16.4 Å². The maximum atomic E-state index is 13.0. The van der Waals surface area contributed by atoms with Crippen LogP contribution in [-0.4, -0.2) is 52.5 Å². The highest BCUT2D eigenvalue weighted by Crippen LogP contribution is 2.30. The average Bonchev–Trinajstić information content (AvgIpc) is 3.16. The van der Waals surface area contributed by atoms with Crippen molar-refractivity contribution in [1.29, 1.82) is 0 Å². The molecular weight excluding hydrogens is 546 g/mol. The number of ether oxygens (including phenoxy) is 2. The molecule has 3 aromatic heterocycles. The SMILES string of the molecule is CCS(=O)(=O)c1cc(-c2cccc(OC(F)(F)F)c2)cnc1-n1nc2ccc(OCC(F)(F)F)cn2c1=O. The molecule has 0 aliphatic rings. The zero-order valence-corrected chi connectivity index (χ0v) is 19.9. The maximum absolute atomic E-state index is 13.0. The molecule has 0 saturated heterocycles. The highest BCUT2D eigenvalue weighted by atomic mass is 32.2. The fourth-order valence-corrected chi connectivity index (χ4v) is 4.39. The van der Waals surface area contributed by atoms with Crippen molar-refractivity contribution >= 4 is 15.5 Å². The van der Waals surface area contributed by atoms with Gasteiger partial charge in [0, 0.05) is 11.8 Å². The second-order valence-electron chi connectivity index (χ2n) is 7.72. The minimum atomic E-state index is -4.95. The third-order valence-electron chi connectivity index (χ3n) is 5.04. The second-order valence-corrected chi connectivity index (χ2v) is 9.96. The average molecular weight is 562 g/mol. The number of alkyl halides is 6. The summed E-state index contributed by atoms with van der Waals surface area (Å²) in [6.45, 7) is -0.265. The Morgan fingerprint density at radius 1 is 0.974 bits per heavy atom. The molecular formula is C22H16F6N4O5S. The van der Waals surface area contributed by atoms with Gasteiger partial charge in [-0.1, -0.05) is 19.1 Å². The zero-order valence-electron chi connectivity index (χ0n) is 19.1. The number of benzene rings is 1. The Kier molecular flexibility index (Phi) is 6.86. The molecule has 3 heterocycles. The van der Waals surface area contributed by atoms with E-state index < -0.39 is 56.9 Å². The Morgan fingerprint density at radius 2 is 1.71 bits per heavy atom. The van der Waals surface area contributed by atoms with Crippen molar-refractivity contribution in [2.24, 2.45) is 0 Å². The maximum Gasteiger partial charge on any atom is 0.573 e. The van der Waals surface area contributed by atoms with Gasteiger partial charge in [-0.15, -0.1) is 18.3 Å². The number of halogens is 6. The molecule has 0 fully saturated rings. The van der Waals surface area contributed by atoms with Crippen LogP contribution >= 0.6 is 0 Å². The summed E-state index contributed by atoms with van der Waals surface area (Å²) >= 11 is 0. The summed E-state index contributed by atoms with van der Waals surface area (Å²) in [7, 11) is -4.07. The van der Waals surface area contributed by atoms with Crippen molar-refractivity contribution in [2.75, 3.05) is 12.4 Å². The zero-order chi connectivity index (χ0) is 27.9. The molecule has 4 rings (SSSR count). The quantitative estimate of drug-likeness (QED) is 0.311. The van der Waals surface area contributed by atoms with Crippen LogP contribution in [0.25, 0.3) is 22.6 Å². The molecule has 0 spiro atoms. The Morgan fingerprint density at radius 3 is 2.37 bits per heavy atom. The Hall–Kier alpha value is -4.08. The van der Waals surface area contributed by atoms with Crippen LogP contribution in [0.2, 0.25) is 0 Å². The van der Waals surface area contributed by atoms with Crippen LogP contribution in [0.15, 0.2) is 64.5 Å². The van der Waals surface area contributed by atoms with Gasteiger partial charge in [0.25, 0.3) is 0 Å². The van der Waals surface area contributed by atoms with E-state index in [9.17, 15) is 39.6 Å². The number of nitrogens with zero attached hydrogens (tertiary/aromatic N) is 4. The summed E-state index contributed by atoms with van der Waals surface area (Å²) in [5, 5.41) is 4.02. The van der Waals surface area contributed by atoms with E-state index in [2.05, 4.69) is 19.6 Å². The Balaban J connectivity index is 1.81. The number of fused-ring (bicyclic) bond motifs is 1. The van der Waals surface area contributed by atoms with Crippen molar-refractivity contribution in [3.63, 3.8) is 0 Å². The third kappa shape index (κ3) is 5.90. The molecule has 0 aliphatic carbocycles. The lowest BCUT2D eigenvalue weighted by Gasteiger charge is -2.12. The number of aromatic nitrogens is 4. The van der Waals surface area contributed by atoms with Crippen LogP contribution in [0.1, 0.15) is 6.92 Å². The van der Waals surface area contributed by atoms with Gasteiger partial charge in [-0.3, -0.25) is 0 Å². The molecule has 0 saturated carbocycles. The summed E-state index contributed by atoms with van der Waals surface area (Å²) in [5.41, 5.74) is -0.747. The van der Waals surface area contributed by atoms with Crippen molar-refractivity contribution in [3.8, 4) is 28.4 Å². The van der Waals surface area contributed by atoms with Crippen molar-refractivity contribution < 1.29 is 44.2 Å². The largest absolute Gasteiger partial charge is 0.573 e. The van der Waals surface area contributed by atoms with Gasteiger partial charge in [-0.2, -0.15) is 17.9 Å². The van der Waals surface area contributed by atoms with Crippen LogP contribution in [0, 0.1) is 0 Å². The molecule has 0 atom stereocenters. The molecule has 0 bridgehead atoms. The van der Waals surface area contributed by atoms with Gasteiger partial charge in [-0.05, 0) is 35.9 Å². The molecule has 9 nitrogen and oxygen atoms in total. The molecule has 16 heteroatoms. The molecule has 4 aromatic rings. The van der Waals surface area contributed by atoms with Crippen molar-refractivity contribution in [1.82, 2.24) is 19.2 Å². The Bertz CT molecular complexity index is 1660. The van der Waals surface area contributed by atoms with Crippen LogP contribution < -0.4 is 15.2 Å². The Labute approximate surface area is 209 Å². The van der Waals surface area contributed by atoms with Crippen LogP contribution in [0.4, 0.5) is 26.3 Å². The van der Waals surface area contributed by atoms with E-state index in [0.717, 1.165) is 41.1 Å². The minimum Gasteiger partial charge on any atom is -0.483 e. The number of sulfone groups is 1. The van der Waals surface area contributed by atoms with E-state index in [1.807, 2.05) is 0 Å². The smallest absolute Gasteiger partial charge is 0.483 e. The first-order valence-electron chi connectivity index (χ1n) is 10.6. The predicted molar refractivity (Wildman–Crippen MR) is 120 cm³/mol. The lowest BCUT2D eigenvalue weighted by Crippen LogP contribution is -2.23. The molecule has 38 heavy (non-hydrogen) atoms. The molecule has 0 aliphatic heterocycles. The highest BCUT2D eigenvalue weighted by Gasteiger charge is 2.31. The summed E-state index contributed by atoms with van der Waals surface area (Å²) in [5.74, 6) is -1.66. The first kappa shape index (κ1) is 27.0. The first-order valence-corrected chi connectivity index (χ1v) is 12.2. The van der Waals surface area contributed by atoms with E-state index in [0.29, 0.717) is 4.68 Å². The summed E-state index contributed by atoms with van der Waals surface area (Å²) in [6, 6.07) is 8.23. The van der Waals surface area contributed by atoms with Gasteiger partial charge in [0.15, 0.2) is 27.9 Å². The summed E-state index contributed by atoms with van der Waals surface area (Å²) in [4.78, 5) is 16.6. The van der Waals surface area contributed by atoms with Gasteiger partial charge in [-0.25, -0.2) is 22.6 Å². The molecule has 1 aromatic carbocycles. The van der Waals surface area contributed by atoms with Crippen molar-refractivity contribution in [3.05, 3.63) is 65.3 Å². The number of hydrogen-bond donors (Lipinski definition) is 0. The number of rotatable bonds is 7. The van der Waals surface area contributed by atoms with Gasteiger partial charge >= 0.3 is 18.2 Å².